The van der Waals surface area contributed by atoms with Crippen molar-refractivity contribution in [3.05, 3.63) is 63.8 Å². The van der Waals surface area contributed by atoms with Crippen LogP contribution >= 0.6 is 0 Å². The van der Waals surface area contributed by atoms with Crippen molar-refractivity contribution in [1.82, 2.24) is 0 Å². The van der Waals surface area contributed by atoms with E-state index in [1.165, 1.54) is 12.1 Å². The second-order valence-corrected chi connectivity index (χ2v) is 6.57. The summed E-state index contributed by atoms with van der Waals surface area (Å²) >= 11 is 0. The molecular formula is C22H22O5. The SMILES string of the molecule is CCOC(=O)c1ccc2oc(-c3ccc(C)cc3OC(C)C)cc(=O)c2c1. The van der Waals surface area contributed by atoms with Gasteiger partial charge in [0.25, 0.3) is 0 Å². The van der Waals surface area contributed by atoms with Gasteiger partial charge in [0.1, 0.15) is 17.1 Å². The number of esters is 1. The molecule has 0 fully saturated rings. The number of carbonyl (C=O) groups excluding carboxylic acids is 1. The summed E-state index contributed by atoms with van der Waals surface area (Å²) in [6.07, 6.45) is -0.00938. The smallest absolute Gasteiger partial charge is 0.338 e. The number of aryl methyl sites for hydroxylation is 1. The van der Waals surface area contributed by atoms with Crippen LogP contribution in [0.2, 0.25) is 0 Å². The molecule has 2 aromatic carbocycles. The zero-order valence-corrected chi connectivity index (χ0v) is 15.9. The van der Waals surface area contributed by atoms with Gasteiger partial charge in [-0.15, -0.1) is 0 Å². The summed E-state index contributed by atoms with van der Waals surface area (Å²) in [6, 6.07) is 11.9. The van der Waals surface area contributed by atoms with Crippen molar-refractivity contribution in [3.63, 3.8) is 0 Å². The van der Waals surface area contributed by atoms with Crippen LogP contribution in [0.3, 0.4) is 0 Å². The van der Waals surface area contributed by atoms with Gasteiger partial charge in [0.2, 0.25) is 0 Å². The molecule has 0 amide bonds. The Bertz CT molecular complexity index is 1050. The predicted octanol–water partition coefficient (Wildman–Crippen LogP) is 4.73. The van der Waals surface area contributed by atoms with Crippen LogP contribution in [0, 0.1) is 6.92 Å². The maximum atomic E-state index is 12.7. The Labute approximate surface area is 157 Å². The van der Waals surface area contributed by atoms with Gasteiger partial charge < -0.3 is 13.9 Å². The molecule has 0 aliphatic rings. The molecule has 3 rings (SSSR count). The van der Waals surface area contributed by atoms with Crippen molar-refractivity contribution in [2.45, 2.75) is 33.8 Å². The Kier molecular flexibility index (Phi) is 5.31. The van der Waals surface area contributed by atoms with Crippen LogP contribution in [0.5, 0.6) is 5.75 Å². The summed E-state index contributed by atoms with van der Waals surface area (Å²) < 4.78 is 16.8. The average Bonchev–Trinajstić information content (AvgIpc) is 2.61. The second-order valence-electron chi connectivity index (χ2n) is 6.57. The number of fused-ring (bicyclic) bond motifs is 1. The summed E-state index contributed by atoms with van der Waals surface area (Å²) in [4.78, 5) is 24.5. The molecule has 0 saturated heterocycles. The van der Waals surface area contributed by atoms with Crippen molar-refractivity contribution < 1.29 is 18.7 Å². The third kappa shape index (κ3) is 4.03. The van der Waals surface area contributed by atoms with Crippen LogP contribution in [-0.2, 0) is 4.74 Å². The van der Waals surface area contributed by atoms with E-state index < -0.39 is 5.97 Å². The first-order chi connectivity index (χ1) is 12.9. The predicted molar refractivity (Wildman–Crippen MR) is 104 cm³/mol. The fourth-order valence-corrected chi connectivity index (χ4v) is 2.81. The third-order valence-electron chi connectivity index (χ3n) is 4.00. The van der Waals surface area contributed by atoms with E-state index in [0.29, 0.717) is 33.6 Å². The molecule has 1 heterocycles. The van der Waals surface area contributed by atoms with Crippen molar-refractivity contribution in [2.24, 2.45) is 0 Å². The van der Waals surface area contributed by atoms with Crippen LogP contribution in [0.25, 0.3) is 22.3 Å². The fourth-order valence-electron chi connectivity index (χ4n) is 2.81. The molecule has 0 aliphatic carbocycles. The first-order valence-corrected chi connectivity index (χ1v) is 8.91. The summed E-state index contributed by atoms with van der Waals surface area (Å²) in [6.45, 7) is 7.87. The highest BCUT2D eigenvalue weighted by Crippen LogP contribution is 2.32. The molecule has 1 aromatic heterocycles. The first kappa shape index (κ1) is 18.7. The monoisotopic (exact) mass is 366 g/mol. The third-order valence-corrected chi connectivity index (χ3v) is 4.00. The molecule has 0 bridgehead atoms. The Morgan fingerprint density at radius 1 is 1.11 bits per heavy atom. The van der Waals surface area contributed by atoms with E-state index in [1.807, 2.05) is 39.0 Å². The molecule has 27 heavy (non-hydrogen) atoms. The van der Waals surface area contributed by atoms with E-state index in [1.54, 1.807) is 19.1 Å². The lowest BCUT2D eigenvalue weighted by Crippen LogP contribution is -2.08. The molecule has 0 radical (unpaired) electrons. The topological polar surface area (TPSA) is 65.7 Å². The van der Waals surface area contributed by atoms with E-state index in [0.717, 1.165) is 5.56 Å². The Balaban J connectivity index is 2.11. The number of rotatable bonds is 5. The van der Waals surface area contributed by atoms with Gasteiger partial charge in [-0.2, -0.15) is 0 Å². The van der Waals surface area contributed by atoms with Crippen LogP contribution < -0.4 is 10.2 Å². The number of benzene rings is 2. The maximum Gasteiger partial charge on any atom is 0.338 e. The second kappa shape index (κ2) is 7.66. The number of carbonyl (C=O) groups is 1. The summed E-state index contributed by atoms with van der Waals surface area (Å²) in [5.41, 5.74) is 2.26. The van der Waals surface area contributed by atoms with E-state index >= 15 is 0 Å². The normalized spacial score (nSPS) is 11.0. The minimum atomic E-state index is -0.464. The van der Waals surface area contributed by atoms with Crippen LogP contribution in [-0.4, -0.2) is 18.7 Å². The minimum absolute atomic E-state index is 0.00938. The van der Waals surface area contributed by atoms with Crippen LogP contribution in [0.15, 0.2) is 51.7 Å². The lowest BCUT2D eigenvalue weighted by Gasteiger charge is -2.15. The molecule has 0 unspecified atom stereocenters. The molecule has 0 aliphatic heterocycles. The van der Waals surface area contributed by atoms with Crippen molar-refractivity contribution in [1.29, 1.82) is 0 Å². The number of hydrogen-bond acceptors (Lipinski definition) is 5. The van der Waals surface area contributed by atoms with Gasteiger partial charge in [-0.3, -0.25) is 4.79 Å². The molecule has 140 valence electrons. The highest BCUT2D eigenvalue weighted by Gasteiger charge is 2.15. The molecule has 5 nitrogen and oxygen atoms in total. The molecule has 0 atom stereocenters. The lowest BCUT2D eigenvalue weighted by molar-refractivity contribution is 0.0526. The average molecular weight is 366 g/mol. The summed E-state index contributed by atoms with van der Waals surface area (Å²) in [7, 11) is 0. The Morgan fingerprint density at radius 3 is 2.59 bits per heavy atom. The van der Waals surface area contributed by atoms with Gasteiger partial charge in [-0.25, -0.2) is 4.79 Å². The van der Waals surface area contributed by atoms with Crippen molar-refractivity contribution in [2.75, 3.05) is 6.61 Å². The van der Waals surface area contributed by atoms with E-state index in [-0.39, 0.29) is 18.1 Å². The maximum absolute atomic E-state index is 12.7. The number of ether oxygens (including phenoxy) is 2. The zero-order chi connectivity index (χ0) is 19.6. The molecule has 0 N–H and O–H groups in total. The van der Waals surface area contributed by atoms with Gasteiger partial charge in [-0.1, -0.05) is 6.07 Å². The quantitative estimate of drug-likeness (QED) is 0.611. The van der Waals surface area contributed by atoms with Crippen LogP contribution in [0.4, 0.5) is 0 Å². The standard InChI is InChI=1S/C22H22O5/c1-5-25-22(24)15-7-9-19-17(11-15)18(23)12-21(27-19)16-8-6-14(4)10-20(16)26-13(2)3/h6-13H,5H2,1-4H3. The zero-order valence-electron chi connectivity index (χ0n) is 15.9. The minimum Gasteiger partial charge on any atom is -0.490 e. The van der Waals surface area contributed by atoms with Crippen molar-refractivity contribution >= 4 is 16.9 Å². The largest absolute Gasteiger partial charge is 0.490 e. The summed E-state index contributed by atoms with van der Waals surface area (Å²) in [5, 5.41) is 0.336. The molecular weight excluding hydrogens is 344 g/mol. The van der Waals surface area contributed by atoms with Crippen molar-refractivity contribution in [3.8, 4) is 17.1 Å². The van der Waals surface area contributed by atoms with E-state index in [4.69, 9.17) is 13.9 Å². The van der Waals surface area contributed by atoms with Gasteiger partial charge in [-0.05, 0) is 63.6 Å². The van der Waals surface area contributed by atoms with E-state index in [2.05, 4.69) is 0 Å². The van der Waals surface area contributed by atoms with Gasteiger partial charge >= 0.3 is 5.97 Å². The first-order valence-electron chi connectivity index (χ1n) is 8.91. The number of hydrogen-bond donors (Lipinski definition) is 0. The summed E-state index contributed by atoms with van der Waals surface area (Å²) in [5.74, 6) is 0.622. The molecule has 3 aromatic rings. The molecule has 5 heteroatoms. The van der Waals surface area contributed by atoms with Gasteiger partial charge in [0.15, 0.2) is 5.43 Å². The lowest BCUT2D eigenvalue weighted by atomic mass is 10.1. The molecule has 0 saturated carbocycles. The van der Waals surface area contributed by atoms with Crippen LogP contribution in [0.1, 0.15) is 36.7 Å². The van der Waals surface area contributed by atoms with Gasteiger partial charge in [0.05, 0.1) is 29.2 Å². The highest BCUT2D eigenvalue weighted by molar-refractivity contribution is 5.94. The fraction of sp³-hybridized carbons (Fsp3) is 0.273. The highest BCUT2D eigenvalue weighted by atomic mass is 16.5. The van der Waals surface area contributed by atoms with Gasteiger partial charge in [0, 0.05) is 6.07 Å². The molecule has 0 spiro atoms. The Morgan fingerprint density at radius 2 is 1.89 bits per heavy atom. The Hall–Kier alpha value is -3.08. The van der Waals surface area contributed by atoms with E-state index in [9.17, 15) is 9.59 Å².